The zero-order chi connectivity index (χ0) is 17.7. The van der Waals surface area contributed by atoms with Crippen molar-refractivity contribution in [1.82, 2.24) is 0 Å². The van der Waals surface area contributed by atoms with Crippen LogP contribution in [-0.2, 0) is 11.3 Å². The van der Waals surface area contributed by atoms with Crippen LogP contribution in [-0.4, -0.2) is 25.1 Å². The molecule has 0 N–H and O–H groups in total. The molecule has 0 radical (unpaired) electrons. The molecule has 0 saturated heterocycles. The van der Waals surface area contributed by atoms with Gasteiger partial charge in [-0.25, -0.2) is 4.79 Å². The Morgan fingerprint density at radius 2 is 1.92 bits per heavy atom. The highest BCUT2D eigenvalue weighted by Crippen LogP contribution is 2.27. The van der Waals surface area contributed by atoms with Gasteiger partial charge in [-0.1, -0.05) is 0 Å². The molecule has 0 aromatic heterocycles. The summed E-state index contributed by atoms with van der Waals surface area (Å²) in [4.78, 5) is 22.6. The van der Waals surface area contributed by atoms with Gasteiger partial charge in [-0.3, -0.25) is 10.1 Å². The number of ether oxygens (including phenoxy) is 3. The van der Waals surface area contributed by atoms with Crippen molar-refractivity contribution in [3.8, 4) is 11.5 Å². The van der Waals surface area contributed by atoms with Crippen LogP contribution in [0.1, 0.15) is 15.9 Å². The third-order valence-electron chi connectivity index (χ3n) is 3.23. The highest BCUT2D eigenvalue weighted by Gasteiger charge is 2.16. The van der Waals surface area contributed by atoms with E-state index in [9.17, 15) is 14.9 Å². The molecule has 0 saturated carbocycles. The van der Waals surface area contributed by atoms with Gasteiger partial charge in [0.2, 0.25) is 0 Å². The Bertz CT molecular complexity index is 777. The van der Waals surface area contributed by atoms with Gasteiger partial charge in [-0.15, -0.1) is 0 Å². The van der Waals surface area contributed by atoms with E-state index in [4.69, 9.17) is 14.2 Å². The van der Waals surface area contributed by atoms with Gasteiger partial charge in [0.05, 0.1) is 24.7 Å². The van der Waals surface area contributed by atoms with Crippen molar-refractivity contribution in [2.45, 2.75) is 6.61 Å². The van der Waals surface area contributed by atoms with Crippen molar-refractivity contribution in [3.05, 3.63) is 62.1 Å². The molecule has 0 atom stereocenters. The maximum Gasteiger partial charge on any atom is 0.339 e. The number of halogens is 1. The average molecular weight is 396 g/mol. The summed E-state index contributed by atoms with van der Waals surface area (Å²) in [7, 11) is 2.93. The van der Waals surface area contributed by atoms with Crippen LogP contribution >= 0.6 is 15.9 Å². The Balaban J connectivity index is 2.20. The molecule has 2 aromatic rings. The summed E-state index contributed by atoms with van der Waals surface area (Å²) in [5.41, 5.74) is 0.585. The second kappa shape index (κ2) is 7.78. The Labute approximate surface area is 146 Å². The maximum absolute atomic E-state index is 12.2. The van der Waals surface area contributed by atoms with E-state index in [1.807, 2.05) is 0 Å². The number of nitro benzene ring substituents is 1. The lowest BCUT2D eigenvalue weighted by Gasteiger charge is -2.10. The number of rotatable bonds is 6. The molecular weight excluding hydrogens is 382 g/mol. The molecule has 0 aliphatic rings. The molecule has 24 heavy (non-hydrogen) atoms. The number of nitrogens with zero attached hydrogens (tertiary/aromatic N) is 1. The number of hydrogen-bond acceptors (Lipinski definition) is 6. The molecule has 0 amide bonds. The van der Waals surface area contributed by atoms with Gasteiger partial charge in [0.1, 0.15) is 18.1 Å². The molecule has 0 fully saturated rings. The fourth-order valence-electron chi connectivity index (χ4n) is 2.00. The summed E-state index contributed by atoms with van der Waals surface area (Å²) in [5.74, 6) is 0.325. The first-order chi connectivity index (χ1) is 11.5. The Hall–Kier alpha value is -2.61. The van der Waals surface area contributed by atoms with Gasteiger partial charge in [0, 0.05) is 22.2 Å². The minimum absolute atomic E-state index is 0.107. The lowest BCUT2D eigenvalue weighted by atomic mass is 10.2. The molecule has 0 unspecified atom stereocenters. The molecule has 0 aliphatic heterocycles. The number of hydrogen-bond donors (Lipinski definition) is 0. The summed E-state index contributed by atoms with van der Waals surface area (Å²) >= 11 is 3.27. The normalized spacial score (nSPS) is 10.1. The van der Waals surface area contributed by atoms with Crippen molar-refractivity contribution < 1.29 is 23.9 Å². The summed E-state index contributed by atoms with van der Waals surface area (Å²) in [6, 6.07) is 9.00. The van der Waals surface area contributed by atoms with Crippen LogP contribution in [0.4, 0.5) is 5.69 Å². The van der Waals surface area contributed by atoms with Crippen LogP contribution in [0.2, 0.25) is 0 Å². The van der Waals surface area contributed by atoms with E-state index >= 15 is 0 Å². The van der Waals surface area contributed by atoms with E-state index in [1.165, 1.54) is 38.5 Å². The standard InChI is InChI=1S/C16H14BrNO6/c1-22-12-4-5-14(17)13(8-12)16(19)24-9-10-7-11(18(20)21)3-6-15(10)23-2/h3-8H,9H2,1-2H3. The van der Waals surface area contributed by atoms with E-state index in [1.54, 1.807) is 12.1 Å². The van der Waals surface area contributed by atoms with Gasteiger partial charge in [0.25, 0.3) is 5.69 Å². The first-order valence-corrected chi connectivity index (χ1v) is 7.57. The predicted octanol–water partition coefficient (Wildman–Crippen LogP) is 3.73. The topological polar surface area (TPSA) is 87.9 Å². The number of nitro groups is 1. The van der Waals surface area contributed by atoms with Gasteiger partial charge >= 0.3 is 5.97 Å². The Morgan fingerprint density at radius 1 is 1.17 bits per heavy atom. The lowest BCUT2D eigenvalue weighted by molar-refractivity contribution is -0.385. The highest BCUT2D eigenvalue weighted by atomic mass is 79.9. The van der Waals surface area contributed by atoms with Crippen molar-refractivity contribution >= 4 is 27.6 Å². The monoisotopic (exact) mass is 395 g/mol. The first kappa shape index (κ1) is 17.7. The minimum Gasteiger partial charge on any atom is -0.497 e. The highest BCUT2D eigenvalue weighted by molar-refractivity contribution is 9.10. The van der Waals surface area contributed by atoms with Gasteiger partial charge in [0.15, 0.2) is 0 Å². The Morgan fingerprint density at radius 3 is 2.54 bits per heavy atom. The third-order valence-corrected chi connectivity index (χ3v) is 3.92. The van der Waals surface area contributed by atoms with Crippen molar-refractivity contribution in [2.75, 3.05) is 14.2 Å². The molecule has 8 heteroatoms. The summed E-state index contributed by atoms with van der Waals surface area (Å²) < 4.78 is 16.0. The summed E-state index contributed by atoms with van der Waals surface area (Å²) in [6.07, 6.45) is 0. The second-order valence-electron chi connectivity index (χ2n) is 4.68. The number of non-ortho nitro benzene ring substituents is 1. The zero-order valence-electron chi connectivity index (χ0n) is 12.9. The minimum atomic E-state index is -0.589. The van der Waals surface area contributed by atoms with Gasteiger partial charge in [-0.2, -0.15) is 0 Å². The van der Waals surface area contributed by atoms with E-state index < -0.39 is 10.9 Å². The lowest BCUT2D eigenvalue weighted by Crippen LogP contribution is -2.07. The van der Waals surface area contributed by atoms with E-state index in [0.29, 0.717) is 27.1 Å². The Kier molecular flexibility index (Phi) is 5.75. The molecular formula is C16H14BrNO6. The average Bonchev–Trinajstić information content (AvgIpc) is 2.59. The molecule has 0 aliphatic carbocycles. The number of benzene rings is 2. The molecule has 7 nitrogen and oxygen atoms in total. The molecule has 126 valence electrons. The van der Waals surface area contributed by atoms with Crippen molar-refractivity contribution in [2.24, 2.45) is 0 Å². The molecule has 0 heterocycles. The largest absolute Gasteiger partial charge is 0.497 e. The molecule has 2 rings (SSSR count). The zero-order valence-corrected chi connectivity index (χ0v) is 14.5. The van der Waals surface area contributed by atoms with E-state index in [-0.39, 0.29) is 12.3 Å². The van der Waals surface area contributed by atoms with E-state index in [0.717, 1.165) is 0 Å². The molecule has 0 bridgehead atoms. The van der Waals surface area contributed by atoms with Gasteiger partial charge < -0.3 is 14.2 Å². The van der Waals surface area contributed by atoms with Crippen LogP contribution in [0.5, 0.6) is 11.5 Å². The maximum atomic E-state index is 12.2. The van der Waals surface area contributed by atoms with Crippen molar-refractivity contribution in [1.29, 1.82) is 0 Å². The number of carbonyl (C=O) groups excluding carboxylic acids is 1. The predicted molar refractivity (Wildman–Crippen MR) is 89.5 cm³/mol. The summed E-state index contributed by atoms with van der Waals surface area (Å²) in [5, 5.41) is 10.9. The summed E-state index contributed by atoms with van der Waals surface area (Å²) in [6.45, 7) is -0.159. The van der Waals surface area contributed by atoms with Crippen LogP contribution in [0, 0.1) is 10.1 Å². The SMILES string of the molecule is COc1ccc(Br)c(C(=O)OCc2cc([N+](=O)[O-])ccc2OC)c1. The number of carbonyl (C=O) groups is 1. The van der Waals surface area contributed by atoms with Crippen LogP contribution in [0.25, 0.3) is 0 Å². The number of esters is 1. The van der Waals surface area contributed by atoms with Crippen LogP contribution in [0.3, 0.4) is 0 Å². The fourth-order valence-corrected chi connectivity index (χ4v) is 2.41. The smallest absolute Gasteiger partial charge is 0.339 e. The van der Waals surface area contributed by atoms with Crippen molar-refractivity contribution in [3.63, 3.8) is 0 Å². The van der Waals surface area contributed by atoms with Crippen LogP contribution < -0.4 is 9.47 Å². The quantitative estimate of drug-likeness (QED) is 0.420. The molecule has 0 spiro atoms. The molecule has 2 aromatic carbocycles. The third kappa shape index (κ3) is 4.02. The number of methoxy groups -OCH3 is 2. The second-order valence-corrected chi connectivity index (χ2v) is 5.53. The van der Waals surface area contributed by atoms with Crippen LogP contribution in [0.15, 0.2) is 40.9 Å². The van der Waals surface area contributed by atoms with Gasteiger partial charge in [-0.05, 0) is 40.2 Å². The first-order valence-electron chi connectivity index (χ1n) is 6.78. The van der Waals surface area contributed by atoms with E-state index in [2.05, 4.69) is 15.9 Å². The fraction of sp³-hybridized carbons (Fsp3) is 0.188.